The average Bonchev–Trinajstić information content (AvgIpc) is 3.41. The normalized spacial score (nSPS) is 26.2. The lowest BCUT2D eigenvalue weighted by atomic mass is 9.85. The molecule has 2 aromatic carbocycles. The number of allylic oxidation sites excluding steroid dienone is 2. The molecule has 172 valence electrons. The Morgan fingerprint density at radius 2 is 1.48 bits per heavy atom. The summed E-state index contributed by atoms with van der Waals surface area (Å²) in [6.07, 6.45) is -0.496. The number of carbonyl (C=O) groups excluding carboxylic acids is 2. The summed E-state index contributed by atoms with van der Waals surface area (Å²) in [5.41, 5.74) is -2.07. The third-order valence-electron chi connectivity index (χ3n) is 6.35. The Hall–Kier alpha value is -3.21. The van der Waals surface area contributed by atoms with E-state index in [1.54, 1.807) is 0 Å². The van der Waals surface area contributed by atoms with E-state index in [9.17, 15) is 35.6 Å². The summed E-state index contributed by atoms with van der Waals surface area (Å²) in [6, 6.07) is 5.96. The first kappa shape index (κ1) is 21.6. The van der Waals surface area contributed by atoms with Gasteiger partial charge in [-0.05, 0) is 60.7 Å². The molecule has 1 heterocycles. The predicted molar refractivity (Wildman–Crippen MR) is 109 cm³/mol. The minimum atomic E-state index is -4.87. The number of nitrogens with zero attached hydrogens (tertiary/aromatic N) is 1. The maximum Gasteiger partial charge on any atom is 0.416 e. The van der Waals surface area contributed by atoms with Gasteiger partial charge in [-0.15, -0.1) is 0 Å². The predicted octanol–water partition coefficient (Wildman–Crippen LogP) is 3.96. The van der Waals surface area contributed by atoms with Gasteiger partial charge in [0.1, 0.15) is 5.82 Å². The fourth-order valence-corrected chi connectivity index (χ4v) is 5.99. The van der Waals surface area contributed by atoms with Crippen LogP contribution in [0.2, 0.25) is 0 Å². The summed E-state index contributed by atoms with van der Waals surface area (Å²) in [6.45, 7) is 0. The monoisotopic (exact) mass is 480 g/mol. The van der Waals surface area contributed by atoms with E-state index in [1.807, 2.05) is 16.9 Å². The number of fused-ring (bicyclic) bond motifs is 5. The Labute approximate surface area is 185 Å². The number of nitrogens with one attached hydrogen (secondary N) is 1. The lowest BCUT2D eigenvalue weighted by Gasteiger charge is -2.20. The number of sulfonamides is 1. The molecule has 1 saturated heterocycles. The van der Waals surface area contributed by atoms with Gasteiger partial charge in [-0.25, -0.2) is 17.7 Å². The van der Waals surface area contributed by atoms with Gasteiger partial charge < -0.3 is 0 Å². The van der Waals surface area contributed by atoms with Gasteiger partial charge in [-0.3, -0.25) is 14.3 Å². The van der Waals surface area contributed by atoms with Crippen LogP contribution in [-0.4, -0.2) is 20.2 Å². The van der Waals surface area contributed by atoms with Crippen molar-refractivity contribution in [2.75, 3.05) is 9.62 Å². The van der Waals surface area contributed by atoms with Gasteiger partial charge >= 0.3 is 6.18 Å². The van der Waals surface area contributed by atoms with Crippen LogP contribution in [0.15, 0.2) is 59.5 Å². The number of hydrogen-bond donors (Lipinski definition) is 1. The third-order valence-corrected chi connectivity index (χ3v) is 7.75. The van der Waals surface area contributed by atoms with Gasteiger partial charge in [0.15, 0.2) is 0 Å². The van der Waals surface area contributed by atoms with Crippen LogP contribution in [0.25, 0.3) is 0 Å². The second-order valence-corrected chi connectivity index (χ2v) is 10.0. The number of carbonyl (C=O) groups is 2. The highest BCUT2D eigenvalue weighted by Gasteiger charge is 2.59. The van der Waals surface area contributed by atoms with Gasteiger partial charge in [0.25, 0.3) is 10.0 Å². The molecule has 33 heavy (non-hydrogen) atoms. The standard InChI is InChI=1S/C22H16F4N2O4S/c23-14-3-5-17(6-4-14)33(31,32)27-15-8-13(22(24,25)26)9-16(10-15)28-20(29)18-11-1-2-12(7-11)19(18)21(28)30/h1-6,8-12,18-19,27H,7H2. The van der Waals surface area contributed by atoms with Gasteiger partial charge in [0, 0.05) is 0 Å². The molecular weight excluding hydrogens is 464 g/mol. The molecule has 1 aliphatic heterocycles. The zero-order valence-corrected chi connectivity index (χ0v) is 17.5. The van der Waals surface area contributed by atoms with Crippen molar-refractivity contribution in [3.05, 3.63) is 66.0 Å². The van der Waals surface area contributed by atoms with Crippen LogP contribution in [-0.2, 0) is 25.8 Å². The molecule has 5 rings (SSSR count). The first-order chi connectivity index (χ1) is 15.5. The second kappa shape index (κ2) is 7.14. The van der Waals surface area contributed by atoms with Crippen LogP contribution in [0.3, 0.4) is 0 Å². The summed E-state index contributed by atoms with van der Waals surface area (Å²) in [4.78, 5) is 26.4. The van der Waals surface area contributed by atoms with Crippen molar-refractivity contribution in [2.45, 2.75) is 17.5 Å². The maximum atomic E-state index is 13.6. The molecule has 0 aromatic heterocycles. The molecule has 11 heteroatoms. The summed E-state index contributed by atoms with van der Waals surface area (Å²) in [5.74, 6) is -3.38. The van der Waals surface area contributed by atoms with E-state index in [1.165, 1.54) is 0 Å². The lowest BCUT2D eigenvalue weighted by molar-refractivity contribution is -0.137. The van der Waals surface area contributed by atoms with E-state index in [-0.39, 0.29) is 22.4 Å². The van der Waals surface area contributed by atoms with Crippen molar-refractivity contribution < 1.29 is 35.6 Å². The summed E-state index contributed by atoms with van der Waals surface area (Å²) < 4.78 is 81.1. The molecule has 2 aromatic rings. The molecular formula is C22H16F4N2O4S. The van der Waals surface area contributed by atoms with Gasteiger partial charge in [-0.2, -0.15) is 13.2 Å². The Morgan fingerprint density at radius 1 is 0.909 bits per heavy atom. The van der Waals surface area contributed by atoms with Crippen LogP contribution < -0.4 is 9.62 Å². The number of amides is 2. The van der Waals surface area contributed by atoms with Crippen LogP contribution in [0, 0.1) is 29.5 Å². The Balaban J connectivity index is 1.54. The van der Waals surface area contributed by atoms with Crippen LogP contribution in [0.1, 0.15) is 12.0 Å². The van der Waals surface area contributed by atoms with E-state index in [2.05, 4.69) is 0 Å². The molecule has 2 aliphatic carbocycles. The quantitative estimate of drug-likeness (QED) is 0.408. The Kier molecular flexibility index (Phi) is 4.68. The van der Waals surface area contributed by atoms with E-state index < -0.39 is 56.9 Å². The maximum absolute atomic E-state index is 13.6. The first-order valence-corrected chi connectivity index (χ1v) is 11.5. The van der Waals surface area contributed by atoms with Crippen molar-refractivity contribution in [3.8, 4) is 0 Å². The lowest BCUT2D eigenvalue weighted by Crippen LogP contribution is -2.33. The molecule has 4 unspecified atom stereocenters. The Morgan fingerprint density at radius 3 is 2.03 bits per heavy atom. The van der Waals surface area contributed by atoms with E-state index >= 15 is 0 Å². The van der Waals surface area contributed by atoms with Crippen molar-refractivity contribution in [3.63, 3.8) is 0 Å². The van der Waals surface area contributed by atoms with Gasteiger partial charge in [0.05, 0.1) is 33.7 Å². The Bertz CT molecular complexity index is 1270. The molecule has 4 atom stereocenters. The number of halogens is 4. The van der Waals surface area contributed by atoms with Crippen LogP contribution in [0.5, 0.6) is 0 Å². The van der Waals surface area contributed by atoms with Crippen LogP contribution >= 0.6 is 0 Å². The smallest absolute Gasteiger partial charge is 0.280 e. The fourth-order valence-electron chi connectivity index (χ4n) is 4.95. The molecule has 0 radical (unpaired) electrons. The van der Waals surface area contributed by atoms with Crippen molar-refractivity contribution in [1.82, 2.24) is 0 Å². The molecule has 6 nitrogen and oxygen atoms in total. The van der Waals surface area contributed by atoms with Crippen molar-refractivity contribution in [2.24, 2.45) is 23.7 Å². The van der Waals surface area contributed by atoms with E-state index in [0.29, 0.717) is 18.6 Å². The van der Waals surface area contributed by atoms with Gasteiger partial charge in [-0.1, -0.05) is 12.2 Å². The molecule has 2 fully saturated rings. The SMILES string of the molecule is O=C1C2C3C=CC(C3)C2C(=O)N1c1cc(NS(=O)(=O)c2ccc(F)cc2)cc(C(F)(F)F)c1. The number of alkyl halides is 3. The molecule has 2 bridgehead atoms. The zero-order chi connectivity index (χ0) is 23.7. The third kappa shape index (κ3) is 3.50. The number of imide groups is 1. The fraction of sp³-hybridized carbons (Fsp3) is 0.273. The van der Waals surface area contributed by atoms with E-state index in [4.69, 9.17) is 0 Å². The minimum absolute atomic E-state index is 0.135. The molecule has 0 spiro atoms. The van der Waals surface area contributed by atoms with Gasteiger partial charge in [0.2, 0.25) is 11.8 Å². The largest absolute Gasteiger partial charge is 0.416 e. The average molecular weight is 480 g/mol. The highest BCUT2D eigenvalue weighted by molar-refractivity contribution is 7.92. The number of benzene rings is 2. The van der Waals surface area contributed by atoms with Crippen molar-refractivity contribution >= 4 is 33.2 Å². The summed E-state index contributed by atoms with van der Waals surface area (Å²) >= 11 is 0. The minimum Gasteiger partial charge on any atom is -0.280 e. The number of rotatable bonds is 4. The van der Waals surface area contributed by atoms with E-state index in [0.717, 1.165) is 35.2 Å². The summed E-state index contributed by atoms with van der Waals surface area (Å²) in [7, 11) is -4.36. The highest BCUT2D eigenvalue weighted by atomic mass is 32.2. The van der Waals surface area contributed by atoms with Crippen molar-refractivity contribution in [1.29, 1.82) is 0 Å². The number of hydrogen-bond acceptors (Lipinski definition) is 4. The molecule has 1 saturated carbocycles. The highest BCUT2D eigenvalue weighted by Crippen LogP contribution is 2.53. The molecule has 2 amide bonds. The second-order valence-electron chi connectivity index (χ2n) is 8.34. The van der Waals surface area contributed by atoms with Crippen LogP contribution in [0.4, 0.5) is 28.9 Å². The topological polar surface area (TPSA) is 83.6 Å². The molecule has 1 N–H and O–H groups in total. The molecule has 3 aliphatic rings. The zero-order valence-electron chi connectivity index (χ0n) is 16.7. The summed E-state index contributed by atoms with van der Waals surface area (Å²) in [5, 5.41) is 0. The first-order valence-electron chi connectivity index (χ1n) is 10.0. The number of anilines is 2.